The van der Waals surface area contributed by atoms with Crippen LogP contribution >= 0.6 is 0 Å². The van der Waals surface area contributed by atoms with Gasteiger partial charge in [0.05, 0.1) is 0 Å². The molecule has 1 heterocycles. The van der Waals surface area contributed by atoms with Gasteiger partial charge in [0.2, 0.25) is 0 Å². The van der Waals surface area contributed by atoms with Crippen LogP contribution in [0.1, 0.15) is 12.8 Å². The summed E-state index contributed by atoms with van der Waals surface area (Å²) in [7, 11) is 0. The van der Waals surface area contributed by atoms with Gasteiger partial charge < -0.3 is 4.74 Å². The van der Waals surface area contributed by atoms with E-state index in [1.807, 2.05) is 0 Å². The molecule has 0 radical (unpaired) electrons. The maximum Gasteiger partial charge on any atom is 0.109 e. The molecule has 0 N–H and O–H groups in total. The summed E-state index contributed by atoms with van der Waals surface area (Å²) in [6, 6.07) is 0. The molecule has 3 unspecified atom stereocenters. The fraction of sp³-hybridized carbons (Fsp3) is 0.556. The molecule has 1 aliphatic heterocycles. The minimum absolute atomic E-state index is 0.259. The van der Waals surface area contributed by atoms with Crippen LogP contribution in [0.25, 0.3) is 0 Å². The molecule has 0 aromatic carbocycles. The highest BCUT2D eigenvalue weighted by Crippen LogP contribution is 2.54. The second-order valence-electron chi connectivity index (χ2n) is 3.40. The summed E-state index contributed by atoms with van der Waals surface area (Å²) < 4.78 is 5.61. The smallest absolute Gasteiger partial charge is 0.109 e. The zero-order valence-corrected chi connectivity index (χ0v) is 5.79. The molecule has 0 aromatic heterocycles. The number of ether oxygens (including phenoxy) is 1. The molecule has 0 bridgehead atoms. The molecular weight excluding hydrogens is 124 g/mol. The first-order valence-electron chi connectivity index (χ1n) is 3.93. The van der Waals surface area contributed by atoms with E-state index in [9.17, 15) is 0 Å². The molecule has 52 valence electrons. The molecule has 1 nitrogen and oxygen atoms in total. The van der Waals surface area contributed by atoms with Crippen molar-refractivity contribution in [2.45, 2.75) is 24.5 Å². The predicted molar refractivity (Wildman–Crippen MR) is 38.6 cm³/mol. The average molecular weight is 134 g/mol. The molecule has 3 rings (SSSR count). The van der Waals surface area contributed by atoms with Gasteiger partial charge in [0.15, 0.2) is 0 Å². The number of hydrogen-bond acceptors (Lipinski definition) is 1. The van der Waals surface area contributed by atoms with Gasteiger partial charge in [-0.2, -0.15) is 0 Å². The van der Waals surface area contributed by atoms with E-state index in [-0.39, 0.29) is 5.60 Å². The molecule has 3 aliphatic rings. The van der Waals surface area contributed by atoms with Gasteiger partial charge in [-0.25, -0.2) is 0 Å². The first-order chi connectivity index (χ1) is 4.92. The third kappa shape index (κ3) is 0.410. The van der Waals surface area contributed by atoms with Crippen molar-refractivity contribution < 1.29 is 4.74 Å². The van der Waals surface area contributed by atoms with Gasteiger partial charge in [-0.3, -0.25) is 0 Å². The fourth-order valence-corrected chi connectivity index (χ4v) is 2.20. The maximum atomic E-state index is 5.61. The molecule has 1 fully saturated rings. The topological polar surface area (TPSA) is 12.5 Å². The maximum absolute atomic E-state index is 5.61. The van der Waals surface area contributed by atoms with Crippen molar-refractivity contribution in [3.63, 3.8) is 0 Å². The van der Waals surface area contributed by atoms with Gasteiger partial charge in [0.25, 0.3) is 0 Å². The Hall–Kier alpha value is -0.560. The van der Waals surface area contributed by atoms with Crippen LogP contribution in [0.5, 0.6) is 0 Å². The van der Waals surface area contributed by atoms with E-state index < -0.39 is 0 Å². The lowest BCUT2D eigenvalue weighted by Crippen LogP contribution is -2.23. The zero-order chi connectivity index (χ0) is 6.60. The van der Waals surface area contributed by atoms with Crippen molar-refractivity contribution in [1.29, 1.82) is 0 Å². The van der Waals surface area contributed by atoms with Crippen molar-refractivity contribution >= 4 is 0 Å². The molecule has 0 saturated carbocycles. The van der Waals surface area contributed by atoms with Crippen molar-refractivity contribution in [1.82, 2.24) is 0 Å². The summed E-state index contributed by atoms with van der Waals surface area (Å²) in [5.74, 6) is 0.697. The summed E-state index contributed by atoms with van der Waals surface area (Å²) in [4.78, 5) is 0. The average Bonchev–Trinajstić information content (AvgIpc) is 2.55. The Balaban J connectivity index is 2.03. The predicted octanol–water partition coefficient (Wildman–Crippen LogP) is 1.66. The molecule has 3 atom stereocenters. The van der Waals surface area contributed by atoms with E-state index in [1.54, 1.807) is 0 Å². The van der Waals surface area contributed by atoms with Gasteiger partial charge in [0.1, 0.15) is 11.7 Å². The highest BCUT2D eigenvalue weighted by atomic mass is 16.6. The monoisotopic (exact) mass is 134 g/mol. The quantitative estimate of drug-likeness (QED) is 0.362. The van der Waals surface area contributed by atoms with Gasteiger partial charge >= 0.3 is 0 Å². The summed E-state index contributed by atoms with van der Waals surface area (Å²) in [5.41, 5.74) is 0.259. The zero-order valence-electron chi connectivity index (χ0n) is 5.79. The van der Waals surface area contributed by atoms with Crippen LogP contribution < -0.4 is 0 Å². The molecule has 1 heteroatoms. The fourth-order valence-electron chi connectivity index (χ4n) is 2.20. The summed E-state index contributed by atoms with van der Waals surface area (Å²) in [6.45, 7) is 0. The number of epoxide rings is 1. The summed E-state index contributed by atoms with van der Waals surface area (Å²) in [6.07, 6.45) is 11.9. The number of allylic oxidation sites excluding steroid dienone is 1. The lowest BCUT2D eigenvalue weighted by Gasteiger charge is -2.19. The first kappa shape index (κ1) is 5.14. The Morgan fingerprint density at radius 2 is 2.30 bits per heavy atom. The van der Waals surface area contributed by atoms with Gasteiger partial charge in [-0.1, -0.05) is 24.3 Å². The van der Waals surface area contributed by atoms with Crippen LogP contribution in [0, 0.1) is 5.92 Å². The van der Waals surface area contributed by atoms with Crippen LogP contribution in [-0.4, -0.2) is 11.7 Å². The van der Waals surface area contributed by atoms with Crippen LogP contribution in [0.15, 0.2) is 24.3 Å². The lowest BCUT2D eigenvalue weighted by atomic mass is 9.85. The third-order valence-electron chi connectivity index (χ3n) is 2.91. The van der Waals surface area contributed by atoms with E-state index in [0.717, 1.165) is 6.42 Å². The Kier molecular flexibility index (Phi) is 0.706. The van der Waals surface area contributed by atoms with E-state index >= 15 is 0 Å². The van der Waals surface area contributed by atoms with Crippen molar-refractivity contribution in [2.24, 2.45) is 5.92 Å². The molecule has 1 saturated heterocycles. The van der Waals surface area contributed by atoms with Crippen LogP contribution in [0.4, 0.5) is 0 Å². The SMILES string of the molecule is C1=CCC23OC2C=CC3C1. The minimum atomic E-state index is 0.259. The van der Waals surface area contributed by atoms with Crippen molar-refractivity contribution in [3.8, 4) is 0 Å². The van der Waals surface area contributed by atoms with Crippen LogP contribution in [-0.2, 0) is 4.74 Å². The minimum Gasteiger partial charge on any atom is -0.361 e. The standard InChI is InChI=1S/C9H10O/c1-2-6-9-7(3-1)4-5-8(9)10-9/h1-2,4-5,7-8H,3,6H2. The summed E-state index contributed by atoms with van der Waals surface area (Å²) >= 11 is 0. The molecule has 10 heavy (non-hydrogen) atoms. The third-order valence-corrected chi connectivity index (χ3v) is 2.91. The Morgan fingerprint density at radius 1 is 1.30 bits per heavy atom. The van der Waals surface area contributed by atoms with Crippen LogP contribution in [0.2, 0.25) is 0 Å². The van der Waals surface area contributed by atoms with Crippen molar-refractivity contribution in [3.05, 3.63) is 24.3 Å². The molecular formula is C9H10O. The molecule has 0 aromatic rings. The van der Waals surface area contributed by atoms with E-state index in [4.69, 9.17) is 4.74 Å². The van der Waals surface area contributed by atoms with E-state index in [0.29, 0.717) is 12.0 Å². The van der Waals surface area contributed by atoms with Gasteiger partial charge in [-0.05, 0) is 12.8 Å². The highest BCUT2D eigenvalue weighted by molar-refractivity contribution is 5.30. The van der Waals surface area contributed by atoms with E-state index in [2.05, 4.69) is 24.3 Å². The molecule has 2 aliphatic carbocycles. The number of rotatable bonds is 0. The van der Waals surface area contributed by atoms with Gasteiger partial charge in [0, 0.05) is 5.92 Å². The number of hydrogen-bond donors (Lipinski definition) is 0. The highest BCUT2D eigenvalue weighted by Gasteiger charge is 2.61. The second kappa shape index (κ2) is 1.37. The van der Waals surface area contributed by atoms with Gasteiger partial charge in [-0.15, -0.1) is 0 Å². The van der Waals surface area contributed by atoms with E-state index in [1.165, 1.54) is 6.42 Å². The molecule has 0 amide bonds. The van der Waals surface area contributed by atoms with Crippen molar-refractivity contribution in [2.75, 3.05) is 0 Å². The Labute approximate surface area is 60.4 Å². The normalized spacial score (nSPS) is 54.4. The van der Waals surface area contributed by atoms with Crippen LogP contribution in [0.3, 0.4) is 0 Å². The largest absolute Gasteiger partial charge is 0.361 e. The lowest BCUT2D eigenvalue weighted by molar-refractivity contribution is 0.234. The Bertz CT molecular complexity index is 229. The summed E-state index contributed by atoms with van der Waals surface area (Å²) in [5, 5.41) is 0. The first-order valence-corrected chi connectivity index (χ1v) is 3.93. The Morgan fingerprint density at radius 3 is 3.10 bits per heavy atom. The second-order valence-corrected chi connectivity index (χ2v) is 3.40. The molecule has 1 spiro atoms.